The molecule has 2 bridgehead atoms. The highest BCUT2D eigenvalue weighted by Crippen LogP contribution is 2.36. The van der Waals surface area contributed by atoms with Gasteiger partial charge in [-0.05, 0) is 43.0 Å². The maximum Gasteiger partial charge on any atom is 0.308 e. The van der Waals surface area contributed by atoms with Crippen LogP contribution in [0.2, 0.25) is 5.02 Å². The molecule has 210 valence electrons. The predicted molar refractivity (Wildman–Crippen MR) is 150 cm³/mol. The van der Waals surface area contributed by atoms with Gasteiger partial charge >= 0.3 is 5.97 Å². The van der Waals surface area contributed by atoms with E-state index in [2.05, 4.69) is 21.3 Å². The number of fused-ring (bicyclic) bond motifs is 7. The van der Waals surface area contributed by atoms with Crippen LogP contribution in [0.3, 0.4) is 0 Å². The smallest absolute Gasteiger partial charge is 0.308 e. The standard InChI is InChI=1S/C26H31ClN4O6S2/c27-17-5-3-4-16(12-17)13-19-23(34)30-20-15-39-38-11-2-1-6-18(14-21(32)29-19)37-22(33)7-10-28-25(36)26(8-9-26)31-24(20)35/h1,3-6,12,18-20H,2,7-11,13-15H2,(H,28,36)(H,29,32)(H,30,34)(H,31,35)/b6-1+/t18-,19-,20-/m1/s1. The minimum absolute atomic E-state index is 0.0340. The lowest BCUT2D eigenvalue weighted by atomic mass is 10.0. The van der Waals surface area contributed by atoms with Gasteiger partial charge in [0.25, 0.3) is 0 Å². The van der Waals surface area contributed by atoms with Gasteiger partial charge in [0, 0.05) is 29.5 Å². The number of rotatable bonds is 2. The van der Waals surface area contributed by atoms with E-state index in [1.54, 1.807) is 30.3 Å². The third kappa shape index (κ3) is 8.64. The molecule has 1 spiro atoms. The Kier molecular flexibility index (Phi) is 10.2. The number of carbonyl (C=O) groups excluding carboxylic acids is 5. The van der Waals surface area contributed by atoms with Crippen molar-refractivity contribution in [2.75, 3.05) is 18.1 Å². The predicted octanol–water partition coefficient (Wildman–Crippen LogP) is 1.66. The number of amides is 4. The number of esters is 1. The SMILES string of the molecule is O=C1C[C@H]2/C=C/CCSSC[C@@H](NC(=O)[C@@H](Cc3cccc(Cl)c3)N1)C(=O)NC1(CC1)C(=O)NCCC(=O)O2. The van der Waals surface area contributed by atoms with Gasteiger partial charge in [0.1, 0.15) is 23.7 Å². The monoisotopic (exact) mass is 594 g/mol. The van der Waals surface area contributed by atoms with Crippen molar-refractivity contribution >= 4 is 62.8 Å². The van der Waals surface area contributed by atoms with Crippen molar-refractivity contribution < 1.29 is 28.7 Å². The summed E-state index contributed by atoms with van der Waals surface area (Å²) in [5.41, 5.74) is -0.352. The van der Waals surface area contributed by atoms with Crippen molar-refractivity contribution in [3.8, 4) is 0 Å². The summed E-state index contributed by atoms with van der Waals surface area (Å²) in [6, 6.07) is 4.98. The molecule has 2 heterocycles. The Morgan fingerprint density at radius 1 is 1.05 bits per heavy atom. The first kappa shape index (κ1) is 29.3. The number of carbonyl (C=O) groups is 5. The minimum Gasteiger partial charge on any atom is -0.458 e. The molecular formula is C26H31ClN4O6S2. The Balaban J connectivity index is 1.66. The summed E-state index contributed by atoms with van der Waals surface area (Å²) in [5.74, 6) is -1.50. The molecule has 3 atom stereocenters. The zero-order valence-corrected chi connectivity index (χ0v) is 23.6. The fourth-order valence-corrected chi connectivity index (χ4v) is 6.59. The molecule has 13 heteroatoms. The van der Waals surface area contributed by atoms with Crippen LogP contribution in [0.25, 0.3) is 0 Å². The molecule has 2 aliphatic heterocycles. The second-order valence-corrected chi connectivity index (χ2v) is 12.7. The van der Waals surface area contributed by atoms with Gasteiger partial charge in [-0.2, -0.15) is 0 Å². The van der Waals surface area contributed by atoms with Crippen LogP contribution in [0.5, 0.6) is 0 Å². The largest absolute Gasteiger partial charge is 0.458 e. The molecule has 4 rings (SSSR count). The molecule has 1 aromatic rings. The summed E-state index contributed by atoms with van der Waals surface area (Å²) < 4.78 is 5.54. The lowest BCUT2D eigenvalue weighted by Crippen LogP contribution is -2.58. The molecule has 1 saturated carbocycles. The highest BCUT2D eigenvalue weighted by molar-refractivity contribution is 8.76. The third-order valence-electron chi connectivity index (χ3n) is 6.48. The van der Waals surface area contributed by atoms with E-state index in [1.165, 1.54) is 21.6 Å². The van der Waals surface area contributed by atoms with E-state index in [0.29, 0.717) is 35.6 Å². The normalized spacial score (nSPS) is 27.6. The summed E-state index contributed by atoms with van der Waals surface area (Å²) in [6.07, 6.45) is 4.09. The Hall–Kier alpha value is -2.70. The number of benzene rings is 1. The zero-order valence-electron chi connectivity index (χ0n) is 21.2. The van der Waals surface area contributed by atoms with Crippen LogP contribution in [0, 0.1) is 0 Å². The average Bonchev–Trinajstić information content (AvgIpc) is 3.66. The van der Waals surface area contributed by atoms with Crippen molar-refractivity contribution in [3.63, 3.8) is 0 Å². The number of allylic oxidation sites excluding steroid dienone is 1. The van der Waals surface area contributed by atoms with Crippen LogP contribution in [-0.2, 0) is 35.1 Å². The van der Waals surface area contributed by atoms with Gasteiger partial charge in [-0.25, -0.2) is 0 Å². The molecule has 2 fully saturated rings. The molecule has 39 heavy (non-hydrogen) atoms. The Bertz CT molecular complexity index is 1150. The van der Waals surface area contributed by atoms with Gasteiger partial charge in [0.2, 0.25) is 23.6 Å². The number of hydrogen-bond donors (Lipinski definition) is 4. The highest BCUT2D eigenvalue weighted by atomic mass is 35.5. The molecule has 1 aromatic carbocycles. The maximum absolute atomic E-state index is 13.5. The number of halogens is 1. The van der Waals surface area contributed by atoms with Crippen LogP contribution in [0.4, 0.5) is 0 Å². The molecule has 3 aliphatic rings. The second-order valence-electron chi connectivity index (χ2n) is 9.65. The van der Waals surface area contributed by atoms with E-state index in [1.807, 2.05) is 6.08 Å². The molecule has 0 unspecified atom stereocenters. The fraction of sp³-hybridized carbons (Fsp3) is 0.500. The summed E-state index contributed by atoms with van der Waals surface area (Å²) in [6.45, 7) is 0.0340. The van der Waals surface area contributed by atoms with Crippen molar-refractivity contribution in [1.29, 1.82) is 0 Å². The van der Waals surface area contributed by atoms with E-state index in [-0.39, 0.29) is 37.5 Å². The van der Waals surface area contributed by atoms with Gasteiger partial charge in [-0.3, -0.25) is 24.0 Å². The first-order valence-corrected chi connectivity index (χ1v) is 15.7. The number of hydrogen-bond acceptors (Lipinski definition) is 8. The van der Waals surface area contributed by atoms with E-state index >= 15 is 0 Å². The van der Waals surface area contributed by atoms with Crippen LogP contribution in [-0.4, -0.2) is 71.4 Å². The van der Waals surface area contributed by atoms with Crippen molar-refractivity contribution in [2.24, 2.45) is 0 Å². The average molecular weight is 595 g/mol. The lowest BCUT2D eigenvalue weighted by molar-refractivity contribution is -0.148. The Morgan fingerprint density at radius 3 is 2.64 bits per heavy atom. The summed E-state index contributed by atoms with van der Waals surface area (Å²) in [4.78, 5) is 65.3. The molecule has 1 saturated heterocycles. The molecule has 4 N–H and O–H groups in total. The van der Waals surface area contributed by atoms with Crippen molar-refractivity contribution in [3.05, 3.63) is 47.0 Å². The van der Waals surface area contributed by atoms with Crippen LogP contribution in [0.1, 0.15) is 37.7 Å². The first-order chi connectivity index (χ1) is 18.7. The molecule has 4 amide bonds. The quantitative estimate of drug-likeness (QED) is 0.230. The highest BCUT2D eigenvalue weighted by Gasteiger charge is 2.51. The van der Waals surface area contributed by atoms with E-state index < -0.39 is 47.4 Å². The Morgan fingerprint density at radius 2 is 1.87 bits per heavy atom. The molecule has 10 nitrogen and oxygen atoms in total. The van der Waals surface area contributed by atoms with Gasteiger partial charge in [0.05, 0.1) is 12.8 Å². The number of ether oxygens (including phenoxy) is 1. The van der Waals surface area contributed by atoms with E-state index in [4.69, 9.17) is 16.3 Å². The summed E-state index contributed by atoms with van der Waals surface area (Å²) >= 11 is 6.13. The van der Waals surface area contributed by atoms with Crippen LogP contribution < -0.4 is 21.3 Å². The molecule has 0 aromatic heterocycles. The third-order valence-corrected chi connectivity index (χ3v) is 9.16. The Labute approximate surface area is 239 Å². The lowest BCUT2D eigenvalue weighted by Gasteiger charge is -2.25. The fourth-order valence-electron chi connectivity index (χ4n) is 4.22. The van der Waals surface area contributed by atoms with Gasteiger partial charge in [-0.1, -0.05) is 51.4 Å². The maximum atomic E-state index is 13.5. The number of nitrogens with one attached hydrogen (secondary N) is 4. The summed E-state index contributed by atoms with van der Waals surface area (Å²) in [7, 11) is 2.96. The second kappa shape index (κ2) is 13.6. The van der Waals surface area contributed by atoms with Crippen LogP contribution in [0.15, 0.2) is 36.4 Å². The van der Waals surface area contributed by atoms with Crippen molar-refractivity contribution in [2.45, 2.75) is 62.3 Å². The summed E-state index contributed by atoms with van der Waals surface area (Å²) in [5, 5.41) is 11.5. The van der Waals surface area contributed by atoms with Gasteiger partial charge in [-0.15, -0.1) is 0 Å². The van der Waals surface area contributed by atoms with Gasteiger partial charge < -0.3 is 26.0 Å². The van der Waals surface area contributed by atoms with Gasteiger partial charge in [0.15, 0.2) is 0 Å². The molecule has 1 aliphatic carbocycles. The first-order valence-electron chi connectivity index (χ1n) is 12.8. The molecule has 0 radical (unpaired) electrons. The minimum atomic E-state index is -1.07. The topological polar surface area (TPSA) is 143 Å². The zero-order chi connectivity index (χ0) is 27.8. The van der Waals surface area contributed by atoms with E-state index in [0.717, 1.165) is 0 Å². The van der Waals surface area contributed by atoms with E-state index in [9.17, 15) is 24.0 Å². The molecular weight excluding hydrogens is 564 g/mol. The van der Waals surface area contributed by atoms with Crippen molar-refractivity contribution in [1.82, 2.24) is 21.3 Å². The van der Waals surface area contributed by atoms with Crippen LogP contribution >= 0.6 is 33.2 Å².